The van der Waals surface area contributed by atoms with Crippen molar-refractivity contribution < 1.29 is 0 Å². The van der Waals surface area contributed by atoms with Crippen LogP contribution in [0.5, 0.6) is 0 Å². The second kappa shape index (κ2) is 13.1. The van der Waals surface area contributed by atoms with Crippen molar-refractivity contribution in [2.45, 2.75) is 59.7 Å². The maximum atomic E-state index is 4.77. The number of benzene rings is 1. The van der Waals surface area contributed by atoms with Gasteiger partial charge in [-0.1, -0.05) is 18.2 Å². The molecule has 1 aromatic carbocycles. The van der Waals surface area contributed by atoms with Crippen LogP contribution in [-0.2, 0) is 13.6 Å². The minimum absolute atomic E-state index is 0.495. The summed E-state index contributed by atoms with van der Waals surface area (Å²) < 4.78 is 1.98. The average Bonchev–Trinajstić information content (AvgIpc) is 3.09. The molecule has 32 heavy (non-hydrogen) atoms. The van der Waals surface area contributed by atoms with E-state index >= 15 is 0 Å². The monoisotopic (exact) mass is 442 g/mol. The van der Waals surface area contributed by atoms with Crippen LogP contribution in [0.1, 0.15) is 45.8 Å². The fourth-order valence-electron chi connectivity index (χ4n) is 3.66. The number of para-hydroxylation sites is 1. The molecule has 1 aromatic heterocycles. The predicted molar refractivity (Wildman–Crippen MR) is 134 cm³/mol. The van der Waals surface area contributed by atoms with Gasteiger partial charge in [0.05, 0.1) is 0 Å². The van der Waals surface area contributed by atoms with Crippen LogP contribution in [-0.4, -0.2) is 70.9 Å². The molecule has 0 saturated carbocycles. The normalized spacial score (nSPS) is 12.1. The lowest BCUT2D eigenvalue weighted by Gasteiger charge is -2.30. The van der Waals surface area contributed by atoms with Gasteiger partial charge < -0.3 is 20.1 Å². The number of aliphatic imine (C=N–C) groups is 1. The van der Waals surface area contributed by atoms with Crippen LogP contribution in [0.15, 0.2) is 35.3 Å². The topological polar surface area (TPSA) is 73.6 Å². The van der Waals surface area contributed by atoms with Crippen LogP contribution in [0.25, 0.3) is 0 Å². The summed E-state index contributed by atoms with van der Waals surface area (Å²) in [5.41, 5.74) is 1.24. The summed E-state index contributed by atoms with van der Waals surface area (Å²) in [6.07, 6.45) is 1.01. The Morgan fingerprint density at radius 2 is 1.66 bits per heavy atom. The van der Waals surface area contributed by atoms with Gasteiger partial charge in [0, 0.05) is 58.0 Å². The molecule has 0 unspecified atom stereocenters. The van der Waals surface area contributed by atoms with Crippen molar-refractivity contribution in [1.82, 2.24) is 30.3 Å². The van der Waals surface area contributed by atoms with Crippen LogP contribution >= 0.6 is 0 Å². The zero-order valence-electron chi connectivity index (χ0n) is 21.0. The summed E-state index contributed by atoms with van der Waals surface area (Å²) in [5.74, 6) is 2.57. The highest BCUT2D eigenvalue weighted by Crippen LogP contribution is 2.10. The van der Waals surface area contributed by atoms with E-state index in [1.807, 2.05) is 24.6 Å². The molecule has 0 bridgehead atoms. The summed E-state index contributed by atoms with van der Waals surface area (Å²) in [6.45, 7) is 15.0. The van der Waals surface area contributed by atoms with Crippen molar-refractivity contribution >= 4 is 11.6 Å². The molecule has 0 radical (unpaired) electrons. The van der Waals surface area contributed by atoms with E-state index in [2.05, 4.69) is 89.6 Å². The lowest BCUT2D eigenvalue weighted by atomic mass is 10.2. The van der Waals surface area contributed by atoms with Crippen molar-refractivity contribution in [1.29, 1.82) is 0 Å². The van der Waals surface area contributed by atoms with E-state index in [0.717, 1.165) is 50.2 Å². The number of hydrogen-bond acceptors (Lipinski definition) is 5. The summed E-state index contributed by atoms with van der Waals surface area (Å²) in [4.78, 5) is 9.52. The number of rotatable bonds is 12. The number of anilines is 1. The Labute approximate surface area is 194 Å². The largest absolute Gasteiger partial charge is 0.375 e. The van der Waals surface area contributed by atoms with Gasteiger partial charge in [0.15, 0.2) is 11.8 Å². The van der Waals surface area contributed by atoms with Crippen molar-refractivity contribution in [3.05, 3.63) is 42.0 Å². The van der Waals surface area contributed by atoms with E-state index in [4.69, 9.17) is 4.99 Å². The molecule has 0 fully saturated rings. The van der Waals surface area contributed by atoms with Gasteiger partial charge in [0.2, 0.25) is 0 Å². The summed E-state index contributed by atoms with van der Waals surface area (Å²) in [7, 11) is 4.11. The van der Waals surface area contributed by atoms with Crippen LogP contribution in [0.3, 0.4) is 0 Å². The average molecular weight is 443 g/mol. The first-order valence-electron chi connectivity index (χ1n) is 11.7. The van der Waals surface area contributed by atoms with Crippen molar-refractivity contribution in [3.63, 3.8) is 0 Å². The van der Waals surface area contributed by atoms with Crippen molar-refractivity contribution in [3.8, 4) is 0 Å². The van der Waals surface area contributed by atoms with E-state index in [9.17, 15) is 0 Å². The van der Waals surface area contributed by atoms with E-state index in [0.29, 0.717) is 18.6 Å². The van der Waals surface area contributed by atoms with E-state index < -0.39 is 0 Å². The molecule has 0 aliphatic heterocycles. The van der Waals surface area contributed by atoms with Gasteiger partial charge in [0.1, 0.15) is 12.4 Å². The molecule has 178 valence electrons. The molecule has 8 nitrogen and oxygen atoms in total. The van der Waals surface area contributed by atoms with E-state index in [1.54, 1.807) is 0 Å². The van der Waals surface area contributed by atoms with Gasteiger partial charge in [-0.05, 0) is 53.2 Å². The molecule has 2 aromatic rings. The minimum atomic E-state index is 0.495. The lowest BCUT2D eigenvalue weighted by molar-refractivity contribution is 0.178. The molecule has 0 atom stereocenters. The quantitative estimate of drug-likeness (QED) is 0.299. The first-order valence-corrected chi connectivity index (χ1v) is 11.7. The van der Waals surface area contributed by atoms with Gasteiger partial charge in [-0.2, -0.15) is 0 Å². The molecule has 1 heterocycles. The number of nitrogens with one attached hydrogen (secondary N) is 2. The number of nitrogens with zero attached hydrogens (tertiary/aromatic N) is 6. The molecule has 2 rings (SSSR count). The van der Waals surface area contributed by atoms with E-state index in [-0.39, 0.29) is 0 Å². The highest BCUT2D eigenvalue weighted by molar-refractivity contribution is 5.79. The molecular formula is C24H42N8. The van der Waals surface area contributed by atoms with Crippen molar-refractivity contribution in [2.75, 3.05) is 38.1 Å². The molecule has 0 aliphatic rings. The molecule has 8 heteroatoms. The van der Waals surface area contributed by atoms with Crippen LogP contribution in [0.4, 0.5) is 5.69 Å². The second-order valence-corrected chi connectivity index (χ2v) is 8.78. The smallest absolute Gasteiger partial charge is 0.191 e. The Morgan fingerprint density at radius 3 is 2.25 bits per heavy atom. The first-order chi connectivity index (χ1) is 15.3. The van der Waals surface area contributed by atoms with Gasteiger partial charge in [0.25, 0.3) is 0 Å². The zero-order chi connectivity index (χ0) is 23.5. The highest BCUT2D eigenvalue weighted by Gasteiger charge is 2.13. The number of hydrogen-bond donors (Lipinski definition) is 2. The second-order valence-electron chi connectivity index (χ2n) is 8.78. The maximum absolute atomic E-state index is 4.77. The SMILES string of the molecule is Cc1nnc(CN=C(NCCCN(C)c2ccccc2)NCCN(C(C)C)C(C)C)n1C. The van der Waals surface area contributed by atoms with E-state index in [1.165, 1.54) is 5.69 Å². The van der Waals surface area contributed by atoms with Gasteiger partial charge >= 0.3 is 0 Å². The number of aromatic nitrogens is 3. The maximum Gasteiger partial charge on any atom is 0.191 e. The van der Waals surface area contributed by atoms with Crippen LogP contribution in [0.2, 0.25) is 0 Å². The molecular weight excluding hydrogens is 400 g/mol. The Kier molecular flexibility index (Phi) is 10.5. The van der Waals surface area contributed by atoms with Crippen molar-refractivity contribution in [2.24, 2.45) is 12.0 Å². The Balaban J connectivity index is 1.90. The summed E-state index contributed by atoms with van der Waals surface area (Å²) >= 11 is 0. The standard InChI is InChI=1S/C24H42N8/c1-19(2)32(20(3)4)17-15-26-24(27-18-23-29-28-21(5)31(23)7)25-14-11-16-30(6)22-12-9-8-10-13-22/h8-10,12-13,19-20H,11,14-18H2,1-7H3,(H2,25,26,27). The van der Waals surface area contributed by atoms with Gasteiger partial charge in [-0.3, -0.25) is 4.90 Å². The van der Waals surface area contributed by atoms with Gasteiger partial charge in [-0.25, -0.2) is 4.99 Å². The summed E-state index contributed by atoms with van der Waals surface area (Å²) in [5, 5.41) is 15.4. The minimum Gasteiger partial charge on any atom is -0.375 e. The van der Waals surface area contributed by atoms with Crippen LogP contribution < -0.4 is 15.5 Å². The molecule has 0 spiro atoms. The number of aryl methyl sites for hydroxylation is 1. The third-order valence-electron chi connectivity index (χ3n) is 5.71. The first kappa shape index (κ1) is 25.6. The predicted octanol–water partition coefficient (Wildman–Crippen LogP) is 2.80. The highest BCUT2D eigenvalue weighted by atomic mass is 15.3. The lowest BCUT2D eigenvalue weighted by Crippen LogP contribution is -2.45. The Morgan fingerprint density at radius 1 is 1.00 bits per heavy atom. The van der Waals surface area contributed by atoms with Crippen LogP contribution in [0, 0.1) is 6.92 Å². The Hall–Kier alpha value is -2.61. The summed E-state index contributed by atoms with van der Waals surface area (Å²) in [6, 6.07) is 11.5. The molecule has 0 saturated heterocycles. The zero-order valence-corrected chi connectivity index (χ0v) is 21.0. The molecule has 0 amide bonds. The van der Waals surface area contributed by atoms with Gasteiger partial charge in [-0.15, -0.1) is 10.2 Å². The third kappa shape index (κ3) is 8.15. The molecule has 0 aliphatic carbocycles. The number of guanidine groups is 1. The fourth-order valence-corrected chi connectivity index (χ4v) is 3.66. The molecule has 2 N–H and O–H groups in total. The third-order valence-corrected chi connectivity index (χ3v) is 5.71. The Bertz CT molecular complexity index is 805. The fraction of sp³-hybridized carbons (Fsp3) is 0.625.